The van der Waals surface area contributed by atoms with Gasteiger partial charge in [-0.2, -0.15) is 0 Å². The van der Waals surface area contributed by atoms with Gasteiger partial charge in [0.15, 0.2) is 0 Å². The molecule has 0 aromatic rings. The van der Waals surface area contributed by atoms with Gasteiger partial charge in [-0.15, -0.1) is 0 Å². The molecule has 0 fully saturated rings. The Morgan fingerprint density at radius 3 is 0.944 bits per heavy atom. The third-order valence-electron chi connectivity index (χ3n) is 2.42. The molecule has 0 heterocycles. The molecule has 110 valence electrons. The van der Waals surface area contributed by atoms with Crippen molar-refractivity contribution in [3.05, 3.63) is 0 Å². The summed E-state index contributed by atoms with van der Waals surface area (Å²) >= 11 is 0.824. The van der Waals surface area contributed by atoms with Crippen molar-refractivity contribution in [1.29, 1.82) is 0 Å². The molecule has 6 nitrogen and oxygen atoms in total. The summed E-state index contributed by atoms with van der Waals surface area (Å²) in [5, 5.41) is 0. The summed E-state index contributed by atoms with van der Waals surface area (Å²) in [6.07, 6.45) is 0. The van der Waals surface area contributed by atoms with Crippen molar-refractivity contribution in [1.82, 2.24) is 0 Å². The van der Waals surface area contributed by atoms with Crippen LogP contribution in [0, 0.1) is 0 Å². The van der Waals surface area contributed by atoms with Crippen LogP contribution in [0.5, 0.6) is 0 Å². The minimum atomic E-state index is -2.41. The van der Waals surface area contributed by atoms with Crippen molar-refractivity contribution < 1.29 is 26.6 Å². The predicted molar refractivity (Wildman–Crippen MR) is 74.7 cm³/mol. The second kappa shape index (κ2) is 10.0. The van der Waals surface area contributed by atoms with Crippen LogP contribution >= 0.6 is 0 Å². The molecule has 0 N–H and O–H groups in total. The van der Waals surface area contributed by atoms with E-state index in [9.17, 15) is 0 Å². The van der Waals surface area contributed by atoms with E-state index in [1.54, 1.807) is 42.7 Å². The molecule has 0 radical (unpaired) electrons. The molecule has 0 aliphatic heterocycles. The minimum absolute atomic E-state index is 0.412. The van der Waals surface area contributed by atoms with Crippen LogP contribution in [-0.4, -0.2) is 86.5 Å². The zero-order chi connectivity index (χ0) is 14.1. The molecule has 0 atom stereocenters. The topological polar surface area (TPSA) is 55.4 Å². The van der Waals surface area contributed by atoms with E-state index in [1.165, 1.54) is 0 Å². The second-order valence-electron chi connectivity index (χ2n) is 3.12. The molecule has 0 spiro atoms. The molecule has 0 amide bonds. The van der Waals surface area contributed by atoms with Crippen LogP contribution < -0.4 is 0 Å². The van der Waals surface area contributed by atoms with Gasteiger partial charge in [0.2, 0.25) is 0 Å². The Bertz CT molecular complexity index is 177. The average Bonchev–Trinajstić information content (AvgIpc) is 2.45. The van der Waals surface area contributed by atoms with Gasteiger partial charge in [-0.3, -0.25) is 0 Å². The van der Waals surface area contributed by atoms with Crippen LogP contribution in [0.1, 0.15) is 0 Å². The monoisotopic (exact) mass is 430 g/mol. The fourth-order valence-electron chi connectivity index (χ4n) is 1.08. The van der Waals surface area contributed by atoms with Crippen molar-refractivity contribution in [2.75, 3.05) is 42.7 Å². The van der Waals surface area contributed by atoms with Crippen molar-refractivity contribution >= 4 is 43.9 Å². The zero-order valence-electron chi connectivity index (χ0n) is 11.7. The Hall–Kier alpha value is 1.23. The van der Waals surface area contributed by atoms with Gasteiger partial charge in [0, 0.05) is 0 Å². The molecule has 0 saturated carbocycles. The maximum absolute atomic E-state index is 5.39. The first-order valence-electron chi connectivity index (χ1n) is 5.13. The summed E-state index contributed by atoms with van der Waals surface area (Å²) in [6, 6.07) is 0. The van der Waals surface area contributed by atoms with E-state index in [1.807, 2.05) is 0 Å². The first-order chi connectivity index (χ1) is 8.57. The molecule has 0 aromatic carbocycles. The van der Waals surface area contributed by atoms with Crippen molar-refractivity contribution in [2.45, 2.75) is 9.89 Å². The first kappa shape index (κ1) is 19.2. The molecule has 0 aromatic heterocycles. The summed E-state index contributed by atoms with van der Waals surface area (Å²) in [7, 11) is 5.02. The molecule has 0 rings (SSSR count). The summed E-state index contributed by atoms with van der Waals surface area (Å²) < 4.78 is 32.3. The fraction of sp³-hybridized carbons (Fsp3) is 1.00. The number of hydrogen-bond acceptors (Lipinski definition) is 6. The zero-order valence-corrected chi connectivity index (χ0v) is 17.1. The quantitative estimate of drug-likeness (QED) is 0.341. The fourth-order valence-corrected chi connectivity index (χ4v) is 25.5. The van der Waals surface area contributed by atoms with Gasteiger partial charge in [-0.1, -0.05) is 0 Å². The molecule has 10 heteroatoms. The number of hydrogen-bond donors (Lipinski definition) is 0. The molecule has 0 aliphatic rings. The third kappa shape index (κ3) is 5.70. The van der Waals surface area contributed by atoms with Crippen LogP contribution in [0.15, 0.2) is 0 Å². The standard InChI is InChI=1S/C8H22O6Se2Si2/c1-9-17(10-2,11-3)7-15-16-8-18(12-4,13-5)14-6/h7-8H2,1-6H3. The van der Waals surface area contributed by atoms with Gasteiger partial charge in [-0.25, -0.2) is 0 Å². The molecule has 0 bridgehead atoms. The summed E-state index contributed by atoms with van der Waals surface area (Å²) in [5.74, 6) is 0. The van der Waals surface area contributed by atoms with Crippen molar-refractivity contribution in [3.63, 3.8) is 0 Å². The molecule has 0 unspecified atom stereocenters. The van der Waals surface area contributed by atoms with E-state index in [-0.39, 0.29) is 0 Å². The molecule has 18 heavy (non-hydrogen) atoms. The van der Waals surface area contributed by atoms with Gasteiger partial charge in [-0.05, 0) is 0 Å². The van der Waals surface area contributed by atoms with Crippen molar-refractivity contribution in [2.24, 2.45) is 0 Å². The van der Waals surface area contributed by atoms with Gasteiger partial charge >= 0.3 is 123 Å². The second-order valence-corrected chi connectivity index (χ2v) is 18.6. The normalized spacial score (nSPS) is 13.0. The van der Waals surface area contributed by atoms with E-state index in [0.29, 0.717) is 26.3 Å². The first-order valence-corrected chi connectivity index (χ1v) is 15.7. The predicted octanol–water partition coefficient (Wildman–Crippen LogP) is -0.0190. The summed E-state index contributed by atoms with van der Waals surface area (Å²) in [5.41, 5.74) is 0. The Morgan fingerprint density at radius 2 is 0.778 bits per heavy atom. The van der Waals surface area contributed by atoms with Gasteiger partial charge in [0.25, 0.3) is 0 Å². The number of rotatable bonds is 11. The summed E-state index contributed by atoms with van der Waals surface area (Å²) in [4.78, 5) is 1.73. The van der Waals surface area contributed by atoms with Crippen LogP contribution in [0.25, 0.3) is 0 Å². The molecular weight excluding hydrogens is 406 g/mol. The Labute approximate surface area is 123 Å². The Morgan fingerprint density at radius 1 is 0.556 bits per heavy atom. The van der Waals surface area contributed by atoms with E-state index in [0.717, 1.165) is 9.89 Å². The van der Waals surface area contributed by atoms with Gasteiger partial charge in [0.05, 0.1) is 0 Å². The van der Waals surface area contributed by atoms with Crippen LogP contribution in [0.3, 0.4) is 0 Å². The van der Waals surface area contributed by atoms with Crippen LogP contribution in [0.2, 0.25) is 9.89 Å². The average molecular weight is 428 g/mol. The van der Waals surface area contributed by atoms with E-state index in [4.69, 9.17) is 26.6 Å². The van der Waals surface area contributed by atoms with Crippen LogP contribution in [-0.2, 0) is 26.6 Å². The third-order valence-corrected chi connectivity index (χ3v) is 22.9. The van der Waals surface area contributed by atoms with Crippen molar-refractivity contribution in [3.8, 4) is 0 Å². The molecule has 0 saturated heterocycles. The Balaban J connectivity index is 4.11. The SMILES string of the molecule is CO[Si](C[Se][Se]C[Si](OC)(OC)OC)(OC)OC. The maximum atomic E-state index is 5.39. The molecular formula is C8H22O6Se2Si2. The van der Waals surface area contributed by atoms with E-state index in [2.05, 4.69) is 0 Å². The van der Waals surface area contributed by atoms with Gasteiger partial charge < -0.3 is 0 Å². The van der Waals surface area contributed by atoms with E-state index < -0.39 is 17.6 Å². The van der Waals surface area contributed by atoms with Gasteiger partial charge in [0.1, 0.15) is 0 Å². The Kier molecular flexibility index (Phi) is 10.7. The van der Waals surface area contributed by atoms with E-state index >= 15 is 0 Å². The molecule has 0 aliphatic carbocycles. The van der Waals surface area contributed by atoms with Crippen LogP contribution in [0.4, 0.5) is 0 Å². The summed E-state index contributed by atoms with van der Waals surface area (Å²) in [6.45, 7) is 0.